The molecule has 15 heteroatoms. The quantitative estimate of drug-likeness (QED) is 0.341. The van der Waals surface area contributed by atoms with Crippen molar-refractivity contribution in [3.63, 3.8) is 0 Å². The van der Waals surface area contributed by atoms with E-state index in [1.807, 2.05) is 0 Å². The Morgan fingerprint density at radius 2 is 1.52 bits per heavy atom. The molecule has 1 heterocycles. The smallest absolute Gasteiger partial charge is 0.383 e. The van der Waals surface area contributed by atoms with Crippen LogP contribution in [0.4, 0.5) is 26.3 Å². The SMILES string of the molecule is CN(C)C=CC=C(C=NS(=O)(=O)C(F)(F)F)C1C=CN(S(=O)(=O)C(F)(F)F)C=C1. The van der Waals surface area contributed by atoms with Crippen LogP contribution in [0.5, 0.6) is 0 Å². The first-order valence-corrected chi connectivity index (χ1v) is 10.2. The highest BCUT2D eigenvalue weighted by Crippen LogP contribution is 2.30. The predicted molar refractivity (Wildman–Crippen MR) is 93.0 cm³/mol. The lowest BCUT2D eigenvalue weighted by molar-refractivity contribution is -0.0469. The van der Waals surface area contributed by atoms with Gasteiger partial charge >= 0.3 is 31.1 Å². The number of alkyl halides is 6. The number of nitrogens with zero attached hydrogens (tertiary/aromatic N) is 3. The van der Waals surface area contributed by atoms with E-state index >= 15 is 0 Å². The average Bonchev–Trinajstić information content (AvgIpc) is 2.55. The number of allylic oxidation sites excluding steroid dienone is 5. The molecule has 164 valence electrons. The highest BCUT2D eigenvalue weighted by atomic mass is 32.2. The van der Waals surface area contributed by atoms with E-state index in [0.29, 0.717) is 18.6 Å². The first kappa shape index (κ1) is 24.7. The monoisotopic (exact) mass is 467 g/mol. The molecule has 0 saturated heterocycles. The molecular weight excluding hydrogens is 452 g/mol. The summed E-state index contributed by atoms with van der Waals surface area (Å²) in [6.07, 6.45) is 7.26. The first-order chi connectivity index (χ1) is 13.0. The van der Waals surface area contributed by atoms with Crippen LogP contribution in [0.3, 0.4) is 0 Å². The Labute approximate surface area is 163 Å². The van der Waals surface area contributed by atoms with Gasteiger partial charge in [0.25, 0.3) is 0 Å². The van der Waals surface area contributed by atoms with Crippen LogP contribution in [0.2, 0.25) is 0 Å². The van der Waals surface area contributed by atoms with Gasteiger partial charge in [-0.1, -0.05) is 18.2 Å². The molecule has 0 spiro atoms. The summed E-state index contributed by atoms with van der Waals surface area (Å²) in [5, 5.41) is 0. The summed E-state index contributed by atoms with van der Waals surface area (Å²) in [5.74, 6) is -1.05. The summed E-state index contributed by atoms with van der Waals surface area (Å²) >= 11 is 0. The van der Waals surface area contributed by atoms with Crippen molar-refractivity contribution in [2.75, 3.05) is 14.1 Å². The van der Waals surface area contributed by atoms with Crippen LogP contribution in [0.25, 0.3) is 0 Å². The molecule has 0 aromatic rings. The van der Waals surface area contributed by atoms with Gasteiger partial charge in [0, 0.05) is 38.6 Å². The Balaban J connectivity index is 3.25. The molecule has 0 amide bonds. The summed E-state index contributed by atoms with van der Waals surface area (Å²) in [7, 11) is -8.29. The molecule has 0 saturated carbocycles. The number of hydrogen-bond donors (Lipinski definition) is 0. The van der Waals surface area contributed by atoms with Gasteiger partial charge in [-0.2, -0.15) is 47.6 Å². The Bertz CT molecular complexity index is 944. The van der Waals surface area contributed by atoms with Gasteiger partial charge in [-0.05, 0) is 17.8 Å². The number of rotatable bonds is 6. The van der Waals surface area contributed by atoms with E-state index in [9.17, 15) is 43.2 Å². The van der Waals surface area contributed by atoms with E-state index in [0.717, 1.165) is 12.2 Å². The minimum absolute atomic E-state index is 0.125. The van der Waals surface area contributed by atoms with Gasteiger partial charge in [0.2, 0.25) is 0 Å². The second kappa shape index (κ2) is 8.61. The summed E-state index contributed by atoms with van der Waals surface area (Å²) in [4.78, 5) is 1.54. The van der Waals surface area contributed by atoms with E-state index < -0.39 is 37.0 Å². The van der Waals surface area contributed by atoms with Gasteiger partial charge in [-0.15, -0.1) is 0 Å². The number of hydrogen-bond acceptors (Lipinski definition) is 5. The minimum atomic E-state index is -5.84. The molecule has 1 aliphatic heterocycles. The van der Waals surface area contributed by atoms with Gasteiger partial charge in [0.05, 0.1) is 0 Å². The third-order valence-electron chi connectivity index (χ3n) is 3.14. The molecule has 0 N–H and O–H groups in total. The summed E-state index contributed by atoms with van der Waals surface area (Å²) in [6, 6.07) is 0. The molecule has 0 aromatic carbocycles. The Morgan fingerprint density at radius 3 is 1.93 bits per heavy atom. The molecule has 0 atom stereocenters. The molecule has 29 heavy (non-hydrogen) atoms. The second-order valence-corrected chi connectivity index (χ2v) is 9.08. The lowest BCUT2D eigenvalue weighted by Crippen LogP contribution is -2.35. The molecule has 0 radical (unpaired) electrons. The minimum Gasteiger partial charge on any atom is -0.383 e. The van der Waals surface area contributed by atoms with E-state index in [4.69, 9.17) is 0 Å². The molecule has 0 fully saturated rings. The molecule has 0 aromatic heterocycles. The second-order valence-electron chi connectivity index (χ2n) is 5.62. The highest BCUT2D eigenvalue weighted by Gasteiger charge is 2.49. The van der Waals surface area contributed by atoms with Crippen molar-refractivity contribution in [2.45, 2.75) is 11.0 Å². The average molecular weight is 467 g/mol. The fourth-order valence-corrected chi connectivity index (χ4v) is 2.81. The summed E-state index contributed by atoms with van der Waals surface area (Å²) < 4.78 is 122. The zero-order valence-corrected chi connectivity index (χ0v) is 16.4. The first-order valence-electron chi connectivity index (χ1n) is 7.37. The molecule has 7 nitrogen and oxygen atoms in total. The van der Waals surface area contributed by atoms with Gasteiger partial charge in [0.15, 0.2) is 0 Å². The van der Waals surface area contributed by atoms with Crippen molar-refractivity contribution in [1.82, 2.24) is 9.21 Å². The highest BCUT2D eigenvalue weighted by molar-refractivity contribution is 7.91. The maximum Gasteiger partial charge on any atom is 0.518 e. The standard InChI is InChI=1S/C14H15F6N3O4S2/c1-22(2)7-3-4-12(10-21-28(24,25)13(15,16)17)11-5-8-23(9-6-11)29(26,27)14(18,19)20/h3-11H,1-2H3. The number of halogens is 6. The van der Waals surface area contributed by atoms with Gasteiger partial charge in [0.1, 0.15) is 0 Å². The molecule has 0 bridgehead atoms. The molecule has 1 aliphatic rings. The molecule has 1 rings (SSSR count). The third-order valence-corrected chi connectivity index (χ3v) is 5.49. The van der Waals surface area contributed by atoms with E-state index in [-0.39, 0.29) is 9.88 Å². The summed E-state index contributed by atoms with van der Waals surface area (Å²) in [6.45, 7) is 0. The molecule has 0 unspecified atom stereocenters. The third kappa shape index (κ3) is 6.35. The topological polar surface area (TPSA) is 87.1 Å². The van der Waals surface area contributed by atoms with Crippen LogP contribution < -0.4 is 0 Å². The molecular formula is C14H15F6N3O4S2. The maximum atomic E-state index is 12.6. The van der Waals surface area contributed by atoms with Crippen LogP contribution in [0.15, 0.2) is 52.9 Å². The largest absolute Gasteiger partial charge is 0.518 e. The fourth-order valence-electron chi connectivity index (χ4n) is 1.73. The maximum absolute atomic E-state index is 12.6. The van der Waals surface area contributed by atoms with Crippen molar-refractivity contribution in [3.05, 3.63) is 48.5 Å². The lowest BCUT2D eigenvalue weighted by Gasteiger charge is -2.22. The lowest BCUT2D eigenvalue weighted by atomic mass is 9.98. The van der Waals surface area contributed by atoms with Gasteiger partial charge in [-0.3, -0.25) is 0 Å². The number of sulfonamides is 2. The van der Waals surface area contributed by atoms with Crippen molar-refractivity contribution in [2.24, 2.45) is 10.3 Å². The zero-order chi connectivity index (χ0) is 22.7. The van der Waals surface area contributed by atoms with Crippen molar-refractivity contribution >= 4 is 26.3 Å². The zero-order valence-electron chi connectivity index (χ0n) is 14.8. The van der Waals surface area contributed by atoms with Crippen molar-refractivity contribution < 1.29 is 43.2 Å². The van der Waals surface area contributed by atoms with E-state index in [1.165, 1.54) is 18.4 Å². The van der Waals surface area contributed by atoms with Crippen molar-refractivity contribution in [3.8, 4) is 0 Å². The molecule has 0 aliphatic carbocycles. The van der Waals surface area contributed by atoms with Crippen LogP contribution >= 0.6 is 0 Å². The van der Waals surface area contributed by atoms with E-state index in [1.54, 1.807) is 19.0 Å². The summed E-state index contributed by atoms with van der Waals surface area (Å²) in [5.41, 5.74) is -11.4. The Kier molecular flexibility index (Phi) is 7.34. The van der Waals surface area contributed by atoms with Gasteiger partial charge in [-0.25, -0.2) is 4.31 Å². The van der Waals surface area contributed by atoms with Crippen molar-refractivity contribution in [1.29, 1.82) is 0 Å². The fraction of sp³-hybridized carbons (Fsp3) is 0.357. The van der Waals surface area contributed by atoms with Gasteiger partial charge < -0.3 is 4.90 Å². The predicted octanol–water partition coefficient (Wildman–Crippen LogP) is 2.72. The normalized spacial score (nSPS) is 17.7. The van der Waals surface area contributed by atoms with Crippen LogP contribution in [0.1, 0.15) is 0 Å². The van der Waals surface area contributed by atoms with Crippen LogP contribution in [-0.2, 0) is 20.0 Å². The van der Waals surface area contributed by atoms with E-state index in [2.05, 4.69) is 4.40 Å². The van der Waals surface area contributed by atoms with Crippen LogP contribution in [-0.4, -0.2) is 57.4 Å². The van der Waals surface area contributed by atoms with Crippen LogP contribution in [0, 0.1) is 5.92 Å². The Morgan fingerprint density at radius 1 is 1.00 bits per heavy atom. The Hall–Kier alpha value is -2.29.